The van der Waals surface area contributed by atoms with E-state index in [1.54, 1.807) is 12.1 Å². The van der Waals surface area contributed by atoms with Gasteiger partial charge in [0.2, 0.25) is 5.95 Å². The van der Waals surface area contributed by atoms with Crippen LogP contribution in [-0.2, 0) is 6.42 Å². The number of fused-ring (bicyclic) bond motifs is 1. The van der Waals surface area contributed by atoms with Gasteiger partial charge in [-0.05, 0) is 36.2 Å². The van der Waals surface area contributed by atoms with Gasteiger partial charge in [-0.3, -0.25) is 0 Å². The van der Waals surface area contributed by atoms with Crippen LogP contribution >= 0.6 is 0 Å². The Kier molecular flexibility index (Phi) is 4.42. The summed E-state index contributed by atoms with van der Waals surface area (Å²) in [6, 6.07) is 14.4. The van der Waals surface area contributed by atoms with E-state index in [-0.39, 0.29) is 5.82 Å². The van der Waals surface area contributed by atoms with Gasteiger partial charge in [-0.15, -0.1) is 5.10 Å². The van der Waals surface area contributed by atoms with E-state index in [1.165, 1.54) is 29.3 Å². The third kappa shape index (κ3) is 3.61. The number of halogens is 1. The zero-order valence-electron chi connectivity index (χ0n) is 13.9. The number of hydrogen-bond donors (Lipinski definition) is 3. The molecule has 0 amide bonds. The first-order valence-corrected chi connectivity index (χ1v) is 8.29. The highest BCUT2D eigenvalue weighted by atomic mass is 19.1. The van der Waals surface area contributed by atoms with Crippen molar-refractivity contribution in [1.82, 2.24) is 20.2 Å². The lowest BCUT2D eigenvalue weighted by Gasteiger charge is -2.07. The zero-order chi connectivity index (χ0) is 17.8. The van der Waals surface area contributed by atoms with Crippen molar-refractivity contribution >= 4 is 28.4 Å². The Morgan fingerprint density at radius 1 is 1.08 bits per heavy atom. The molecule has 2 aromatic heterocycles. The molecule has 0 unspecified atom stereocenters. The molecule has 2 aromatic carbocycles. The number of anilines is 3. The summed E-state index contributed by atoms with van der Waals surface area (Å²) in [6.07, 6.45) is 4.35. The minimum Gasteiger partial charge on any atom is -0.361 e. The van der Waals surface area contributed by atoms with E-state index < -0.39 is 0 Å². The first-order valence-electron chi connectivity index (χ1n) is 8.29. The lowest BCUT2D eigenvalue weighted by atomic mass is 10.1. The molecule has 0 saturated heterocycles. The summed E-state index contributed by atoms with van der Waals surface area (Å²) < 4.78 is 13.3. The van der Waals surface area contributed by atoms with Crippen molar-refractivity contribution < 1.29 is 4.39 Å². The molecule has 4 rings (SSSR count). The number of nitrogens with one attached hydrogen (secondary N) is 3. The van der Waals surface area contributed by atoms with Crippen LogP contribution in [-0.4, -0.2) is 26.7 Å². The van der Waals surface area contributed by atoms with Crippen molar-refractivity contribution in [3.63, 3.8) is 0 Å². The fourth-order valence-corrected chi connectivity index (χ4v) is 2.80. The molecule has 0 fully saturated rings. The van der Waals surface area contributed by atoms with Crippen LogP contribution in [0.4, 0.5) is 21.8 Å². The van der Waals surface area contributed by atoms with Gasteiger partial charge in [-0.1, -0.05) is 24.3 Å². The van der Waals surface area contributed by atoms with E-state index in [0.717, 1.165) is 11.9 Å². The second kappa shape index (κ2) is 7.18. The number of aromatic nitrogens is 4. The summed E-state index contributed by atoms with van der Waals surface area (Å²) in [5.41, 5.74) is 2.96. The number of hydrogen-bond acceptors (Lipinski definition) is 5. The zero-order valence-corrected chi connectivity index (χ0v) is 13.9. The lowest BCUT2D eigenvalue weighted by molar-refractivity contribution is 0.628. The molecule has 0 aliphatic heterocycles. The van der Waals surface area contributed by atoms with Crippen LogP contribution in [0.1, 0.15) is 5.56 Å². The second-order valence-electron chi connectivity index (χ2n) is 5.84. The van der Waals surface area contributed by atoms with E-state index in [1.807, 2.05) is 18.3 Å². The van der Waals surface area contributed by atoms with Gasteiger partial charge in [0.15, 0.2) is 5.82 Å². The van der Waals surface area contributed by atoms with Crippen molar-refractivity contribution in [2.24, 2.45) is 0 Å². The van der Waals surface area contributed by atoms with Crippen molar-refractivity contribution in [2.45, 2.75) is 6.42 Å². The average molecular weight is 348 g/mol. The summed E-state index contributed by atoms with van der Waals surface area (Å²) in [7, 11) is 0. The highest BCUT2D eigenvalue weighted by Gasteiger charge is 2.05. The summed E-state index contributed by atoms with van der Waals surface area (Å²) in [4.78, 5) is 7.62. The number of rotatable bonds is 6. The van der Waals surface area contributed by atoms with Gasteiger partial charge in [0, 0.05) is 29.3 Å². The summed E-state index contributed by atoms with van der Waals surface area (Å²) in [5, 5.41) is 15.3. The first-order chi connectivity index (χ1) is 12.8. The Balaban J connectivity index is 1.39. The molecule has 3 N–H and O–H groups in total. The number of para-hydroxylation sites is 1. The van der Waals surface area contributed by atoms with Gasteiger partial charge in [0.1, 0.15) is 5.82 Å². The molecule has 130 valence electrons. The van der Waals surface area contributed by atoms with Gasteiger partial charge in [-0.2, -0.15) is 10.1 Å². The van der Waals surface area contributed by atoms with Crippen LogP contribution in [0.25, 0.3) is 10.9 Å². The van der Waals surface area contributed by atoms with E-state index in [2.05, 4.69) is 42.9 Å². The largest absolute Gasteiger partial charge is 0.361 e. The SMILES string of the molecule is Fc1cccc(Nc2cnnc(NCCc3c[nH]c4ccccc34)n2)c1. The van der Waals surface area contributed by atoms with Gasteiger partial charge < -0.3 is 15.6 Å². The third-order valence-corrected chi connectivity index (χ3v) is 4.01. The lowest BCUT2D eigenvalue weighted by Crippen LogP contribution is -2.09. The Labute approximate surface area is 149 Å². The van der Waals surface area contributed by atoms with Gasteiger partial charge in [-0.25, -0.2) is 4.39 Å². The summed E-state index contributed by atoms with van der Waals surface area (Å²) >= 11 is 0. The topological polar surface area (TPSA) is 78.5 Å². The van der Waals surface area contributed by atoms with Crippen LogP contribution in [0.5, 0.6) is 0 Å². The van der Waals surface area contributed by atoms with E-state index in [9.17, 15) is 4.39 Å². The van der Waals surface area contributed by atoms with Gasteiger partial charge >= 0.3 is 0 Å². The quantitative estimate of drug-likeness (QED) is 0.493. The number of benzene rings is 2. The predicted octanol–water partition coefficient (Wildman–Crippen LogP) is 3.89. The molecule has 0 atom stereocenters. The molecule has 6 nitrogen and oxygen atoms in total. The van der Waals surface area contributed by atoms with Gasteiger partial charge in [0.05, 0.1) is 6.20 Å². The molecule has 7 heteroatoms. The molecule has 0 bridgehead atoms. The Bertz CT molecular complexity index is 1030. The molecule has 0 radical (unpaired) electrons. The van der Waals surface area contributed by atoms with Crippen LogP contribution in [0, 0.1) is 5.82 Å². The molecule has 2 heterocycles. The van der Waals surface area contributed by atoms with Crippen LogP contribution in [0.2, 0.25) is 0 Å². The second-order valence-corrected chi connectivity index (χ2v) is 5.84. The van der Waals surface area contributed by atoms with E-state index in [0.29, 0.717) is 24.0 Å². The molecular formula is C19H17FN6. The average Bonchev–Trinajstić information content (AvgIpc) is 3.06. The molecule has 0 saturated carbocycles. The van der Waals surface area contributed by atoms with Crippen molar-refractivity contribution in [1.29, 1.82) is 0 Å². The monoisotopic (exact) mass is 348 g/mol. The van der Waals surface area contributed by atoms with Crippen LogP contribution in [0.3, 0.4) is 0 Å². The first kappa shape index (κ1) is 16.0. The predicted molar refractivity (Wildman–Crippen MR) is 100 cm³/mol. The van der Waals surface area contributed by atoms with E-state index >= 15 is 0 Å². The summed E-state index contributed by atoms with van der Waals surface area (Å²) in [5.74, 6) is 0.612. The normalized spacial score (nSPS) is 10.8. The molecular weight excluding hydrogens is 331 g/mol. The molecule has 0 aliphatic rings. The molecule has 26 heavy (non-hydrogen) atoms. The Morgan fingerprint density at radius 3 is 2.92 bits per heavy atom. The molecule has 0 aliphatic carbocycles. The number of aromatic amines is 1. The molecule has 4 aromatic rings. The third-order valence-electron chi connectivity index (χ3n) is 4.01. The number of nitrogens with zero attached hydrogens (tertiary/aromatic N) is 3. The van der Waals surface area contributed by atoms with Crippen molar-refractivity contribution in [3.8, 4) is 0 Å². The van der Waals surface area contributed by atoms with Crippen LogP contribution < -0.4 is 10.6 Å². The Hall–Kier alpha value is -3.48. The maximum Gasteiger partial charge on any atom is 0.244 e. The minimum atomic E-state index is -0.311. The fourth-order valence-electron chi connectivity index (χ4n) is 2.80. The van der Waals surface area contributed by atoms with E-state index in [4.69, 9.17) is 0 Å². The highest BCUT2D eigenvalue weighted by molar-refractivity contribution is 5.83. The summed E-state index contributed by atoms with van der Waals surface area (Å²) in [6.45, 7) is 0.674. The minimum absolute atomic E-state index is 0.311. The molecule has 0 spiro atoms. The van der Waals surface area contributed by atoms with Gasteiger partial charge in [0.25, 0.3) is 0 Å². The van der Waals surface area contributed by atoms with Crippen molar-refractivity contribution in [3.05, 3.63) is 72.3 Å². The smallest absolute Gasteiger partial charge is 0.244 e. The number of H-pyrrole nitrogens is 1. The van der Waals surface area contributed by atoms with Crippen molar-refractivity contribution in [2.75, 3.05) is 17.2 Å². The highest BCUT2D eigenvalue weighted by Crippen LogP contribution is 2.18. The standard InChI is InChI=1S/C19H17FN6/c20-14-4-3-5-15(10-14)24-18-12-23-26-19(25-18)21-9-8-13-11-22-17-7-2-1-6-16(13)17/h1-7,10-12,22H,8-9H2,(H2,21,24,25,26). The maximum atomic E-state index is 13.3. The van der Waals surface area contributed by atoms with Crippen LogP contribution in [0.15, 0.2) is 60.9 Å². The fraction of sp³-hybridized carbons (Fsp3) is 0.105. The Morgan fingerprint density at radius 2 is 2.00 bits per heavy atom. The maximum absolute atomic E-state index is 13.3.